The maximum atomic E-state index is 12.6. The van der Waals surface area contributed by atoms with E-state index < -0.39 is 5.95 Å². The molecule has 0 bridgehead atoms. The van der Waals surface area contributed by atoms with Crippen molar-refractivity contribution < 1.29 is 9.18 Å². The van der Waals surface area contributed by atoms with E-state index in [2.05, 4.69) is 10.3 Å². The first-order chi connectivity index (χ1) is 5.77. The Morgan fingerprint density at radius 2 is 2.33 bits per heavy atom. The van der Waals surface area contributed by atoms with E-state index in [-0.39, 0.29) is 5.91 Å². The van der Waals surface area contributed by atoms with Gasteiger partial charge in [-0.3, -0.25) is 4.79 Å². The highest BCUT2D eigenvalue weighted by Crippen LogP contribution is 2.11. The Labute approximate surface area is 68.6 Å². The van der Waals surface area contributed by atoms with Crippen LogP contribution in [0.1, 0.15) is 16.1 Å². The van der Waals surface area contributed by atoms with Gasteiger partial charge in [0.2, 0.25) is 5.95 Å². The molecule has 1 N–H and O–H groups in total. The number of halogens is 1. The molecule has 0 saturated heterocycles. The normalized spacial score (nSPS) is 15.2. The van der Waals surface area contributed by atoms with Crippen LogP contribution in [-0.2, 0) is 6.42 Å². The molecule has 0 spiro atoms. The number of hydrogen-bond donors (Lipinski definition) is 1. The summed E-state index contributed by atoms with van der Waals surface area (Å²) in [4.78, 5) is 14.8. The molecule has 1 aliphatic rings. The van der Waals surface area contributed by atoms with Crippen LogP contribution in [-0.4, -0.2) is 17.4 Å². The second-order valence-corrected chi connectivity index (χ2v) is 2.63. The highest BCUT2D eigenvalue weighted by molar-refractivity contribution is 5.96. The Morgan fingerprint density at radius 1 is 1.50 bits per heavy atom. The fourth-order valence-electron chi connectivity index (χ4n) is 1.26. The zero-order chi connectivity index (χ0) is 8.55. The number of carbonyl (C=O) groups is 1. The Hall–Kier alpha value is -1.45. The molecule has 0 aliphatic carbocycles. The van der Waals surface area contributed by atoms with Crippen LogP contribution >= 0.6 is 0 Å². The molecule has 1 aromatic heterocycles. The lowest BCUT2D eigenvalue weighted by molar-refractivity contribution is 0.0945. The second-order valence-electron chi connectivity index (χ2n) is 2.63. The van der Waals surface area contributed by atoms with E-state index in [1.165, 1.54) is 12.1 Å². The summed E-state index contributed by atoms with van der Waals surface area (Å²) in [5.41, 5.74) is 1.04. The predicted octanol–water partition coefficient (Wildman–Crippen LogP) is 0.507. The van der Waals surface area contributed by atoms with Gasteiger partial charge in [0.25, 0.3) is 5.91 Å². The number of aromatic nitrogens is 1. The molecular formula is C8H7FN2O. The van der Waals surface area contributed by atoms with Gasteiger partial charge in [-0.1, -0.05) is 0 Å². The number of fused-ring (bicyclic) bond motifs is 1. The quantitative estimate of drug-likeness (QED) is 0.570. The first-order valence-corrected chi connectivity index (χ1v) is 3.71. The van der Waals surface area contributed by atoms with E-state index in [9.17, 15) is 9.18 Å². The third-order valence-electron chi connectivity index (χ3n) is 1.83. The molecule has 4 heteroatoms. The summed E-state index contributed by atoms with van der Waals surface area (Å²) in [5.74, 6) is -0.688. The Morgan fingerprint density at radius 3 is 3.17 bits per heavy atom. The van der Waals surface area contributed by atoms with Crippen molar-refractivity contribution in [1.82, 2.24) is 10.3 Å². The minimum atomic E-state index is -0.525. The van der Waals surface area contributed by atoms with Gasteiger partial charge in [0, 0.05) is 13.0 Å². The molecule has 2 rings (SSSR count). The molecular weight excluding hydrogens is 159 g/mol. The van der Waals surface area contributed by atoms with E-state index in [0.29, 0.717) is 24.2 Å². The van der Waals surface area contributed by atoms with Crippen molar-refractivity contribution in [1.29, 1.82) is 0 Å². The molecule has 12 heavy (non-hydrogen) atoms. The first kappa shape index (κ1) is 7.21. The number of rotatable bonds is 0. The van der Waals surface area contributed by atoms with Crippen molar-refractivity contribution in [2.45, 2.75) is 6.42 Å². The zero-order valence-electron chi connectivity index (χ0n) is 6.30. The summed E-state index contributed by atoms with van der Waals surface area (Å²) in [7, 11) is 0. The minimum absolute atomic E-state index is 0.163. The summed E-state index contributed by atoms with van der Waals surface area (Å²) >= 11 is 0. The van der Waals surface area contributed by atoms with Gasteiger partial charge in [-0.15, -0.1) is 0 Å². The van der Waals surface area contributed by atoms with E-state index in [1.54, 1.807) is 0 Å². The molecule has 0 atom stereocenters. The molecule has 1 aliphatic heterocycles. The van der Waals surface area contributed by atoms with Crippen LogP contribution in [0.3, 0.4) is 0 Å². The molecule has 0 aromatic carbocycles. The molecule has 0 unspecified atom stereocenters. The van der Waals surface area contributed by atoms with Gasteiger partial charge in [0.1, 0.15) is 0 Å². The summed E-state index contributed by atoms with van der Waals surface area (Å²) in [6, 6.07) is 2.66. The minimum Gasteiger partial charge on any atom is -0.352 e. The first-order valence-electron chi connectivity index (χ1n) is 3.71. The Kier molecular flexibility index (Phi) is 1.53. The number of amides is 1. The molecule has 2 heterocycles. The van der Waals surface area contributed by atoms with Crippen molar-refractivity contribution in [2.24, 2.45) is 0 Å². The van der Waals surface area contributed by atoms with Gasteiger partial charge in [0.15, 0.2) is 0 Å². The summed E-state index contributed by atoms with van der Waals surface area (Å²) in [6.07, 6.45) is 0.610. The van der Waals surface area contributed by atoms with Gasteiger partial charge >= 0.3 is 0 Å². The average Bonchev–Trinajstić information content (AvgIpc) is 2.04. The maximum absolute atomic E-state index is 12.6. The third-order valence-corrected chi connectivity index (χ3v) is 1.83. The lowest BCUT2D eigenvalue weighted by Crippen LogP contribution is -2.32. The van der Waals surface area contributed by atoms with Crippen LogP contribution in [0.15, 0.2) is 12.1 Å². The highest BCUT2D eigenvalue weighted by Gasteiger charge is 2.17. The summed E-state index contributed by atoms with van der Waals surface area (Å²) in [5, 5.41) is 2.66. The van der Waals surface area contributed by atoms with Crippen LogP contribution in [0.5, 0.6) is 0 Å². The zero-order valence-corrected chi connectivity index (χ0v) is 6.30. The topological polar surface area (TPSA) is 42.0 Å². The van der Waals surface area contributed by atoms with Crippen LogP contribution in [0.25, 0.3) is 0 Å². The highest BCUT2D eigenvalue weighted by atomic mass is 19.1. The smallest absolute Gasteiger partial charge is 0.253 e. The number of hydrogen-bond acceptors (Lipinski definition) is 2. The molecule has 0 radical (unpaired) electrons. The molecule has 3 nitrogen and oxygen atoms in total. The largest absolute Gasteiger partial charge is 0.352 e. The van der Waals surface area contributed by atoms with Crippen molar-refractivity contribution in [2.75, 3.05) is 6.54 Å². The number of carbonyl (C=O) groups excluding carboxylic acids is 1. The van der Waals surface area contributed by atoms with Gasteiger partial charge < -0.3 is 5.32 Å². The van der Waals surface area contributed by atoms with Crippen LogP contribution < -0.4 is 5.32 Å². The van der Waals surface area contributed by atoms with Gasteiger partial charge in [-0.2, -0.15) is 4.39 Å². The van der Waals surface area contributed by atoms with Crippen LogP contribution in [0, 0.1) is 5.95 Å². The van der Waals surface area contributed by atoms with Gasteiger partial charge in [0.05, 0.1) is 11.3 Å². The number of nitrogens with zero attached hydrogens (tertiary/aromatic N) is 1. The Bertz CT molecular complexity index is 338. The molecule has 62 valence electrons. The monoisotopic (exact) mass is 166 g/mol. The van der Waals surface area contributed by atoms with Crippen molar-refractivity contribution in [3.8, 4) is 0 Å². The summed E-state index contributed by atoms with van der Waals surface area (Å²) in [6.45, 7) is 0.544. The molecule has 1 aromatic rings. The van der Waals surface area contributed by atoms with E-state index in [1.807, 2.05) is 0 Å². The predicted molar refractivity (Wildman–Crippen MR) is 40.2 cm³/mol. The average molecular weight is 166 g/mol. The fraction of sp³-hybridized carbons (Fsp3) is 0.250. The van der Waals surface area contributed by atoms with Crippen molar-refractivity contribution in [3.05, 3.63) is 29.3 Å². The van der Waals surface area contributed by atoms with E-state index in [0.717, 1.165) is 0 Å². The number of nitrogens with one attached hydrogen (secondary N) is 1. The van der Waals surface area contributed by atoms with Gasteiger partial charge in [-0.05, 0) is 12.1 Å². The molecule has 0 fully saturated rings. The summed E-state index contributed by atoms with van der Waals surface area (Å²) < 4.78 is 12.6. The van der Waals surface area contributed by atoms with Crippen LogP contribution in [0.4, 0.5) is 4.39 Å². The molecule has 0 saturated carbocycles. The van der Waals surface area contributed by atoms with E-state index >= 15 is 0 Å². The SMILES string of the molecule is O=C1NCCc2nc(F)ccc21. The standard InChI is InChI=1S/C8H7FN2O/c9-7-2-1-5-6(11-7)3-4-10-8(5)12/h1-2H,3-4H2,(H,10,12). The maximum Gasteiger partial charge on any atom is 0.253 e. The van der Waals surface area contributed by atoms with Crippen molar-refractivity contribution >= 4 is 5.91 Å². The second kappa shape index (κ2) is 2.55. The molecule has 1 amide bonds. The lowest BCUT2D eigenvalue weighted by atomic mass is 10.1. The van der Waals surface area contributed by atoms with Gasteiger partial charge in [-0.25, -0.2) is 4.98 Å². The fourth-order valence-corrected chi connectivity index (χ4v) is 1.26. The number of pyridine rings is 1. The lowest BCUT2D eigenvalue weighted by Gasteiger charge is -2.14. The Balaban J connectivity index is 2.53. The van der Waals surface area contributed by atoms with E-state index in [4.69, 9.17) is 0 Å². The van der Waals surface area contributed by atoms with Crippen LogP contribution in [0.2, 0.25) is 0 Å². The van der Waals surface area contributed by atoms with Crippen molar-refractivity contribution in [3.63, 3.8) is 0 Å². The third kappa shape index (κ3) is 1.05.